The first-order valence-electron chi connectivity index (χ1n) is 6.87. The molecule has 0 spiro atoms. The Morgan fingerprint density at radius 3 is 2.62 bits per heavy atom. The Kier molecular flexibility index (Phi) is 4.82. The van der Waals surface area contributed by atoms with Gasteiger partial charge < -0.3 is 15.4 Å². The highest BCUT2D eigenvalue weighted by molar-refractivity contribution is 5.99. The molecule has 2 aromatic rings. The molecular formula is C17H20N2O2. The summed E-state index contributed by atoms with van der Waals surface area (Å²) in [6.07, 6.45) is 0. The normalized spacial score (nSPS) is 11.6. The van der Waals surface area contributed by atoms with Crippen LogP contribution in [0.2, 0.25) is 0 Å². The number of anilines is 1. The number of carbonyl (C=O) groups excluding carboxylic acids is 1. The van der Waals surface area contributed by atoms with Gasteiger partial charge in [0.2, 0.25) is 0 Å². The van der Waals surface area contributed by atoms with Gasteiger partial charge in [0.05, 0.1) is 18.7 Å². The second-order valence-electron chi connectivity index (χ2n) is 4.77. The molecule has 0 aliphatic rings. The quantitative estimate of drug-likeness (QED) is 0.886. The minimum absolute atomic E-state index is 0.0995. The van der Waals surface area contributed by atoms with E-state index in [0.717, 1.165) is 17.0 Å². The standard InChI is InChI=1S/C17H20N2O2/c1-12(13-7-6-8-14(11-13)21-3)19-17(20)15-9-4-5-10-16(15)18-2/h4-12,18H,1-3H3,(H,19,20)/t12-/m0/s1. The molecule has 4 heteroatoms. The van der Waals surface area contributed by atoms with Gasteiger partial charge in [-0.05, 0) is 36.8 Å². The minimum Gasteiger partial charge on any atom is -0.497 e. The number of carbonyl (C=O) groups is 1. The molecule has 0 aromatic heterocycles. The average Bonchev–Trinajstić information content (AvgIpc) is 2.54. The summed E-state index contributed by atoms with van der Waals surface area (Å²) in [5.74, 6) is 0.680. The van der Waals surface area contributed by atoms with Crippen molar-refractivity contribution < 1.29 is 9.53 Å². The van der Waals surface area contributed by atoms with E-state index in [1.165, 1.54) is 0 Å². The summed E-state index contributed by atoms with van der Waals surface area (Å²) in [4.78, 5) is 12.4. The average molecular weight is 284 g/mol. The molecule has 110 valence electrons. The maximum atomic E-state index is 12.4. The number of nitrogens with one attached hydrogen (secondary N) is 2. The Bertz CT molecular complexity index is 626. The molecule has 0 saturated heterocycles. The van der Waals surface area contributed by atoms with Crippen molar-refractivity contribution in [2.24, 2.45) is 0 Å². The van der Waals surface area contributed by atoms with E-state index in [0.29, 0.717) is 5.56 Å². The number of para-hydroxylation sites is 1. The number of amides is 1. The van der Waals surface area contributed by atoms with E-state index in [1.54, 1.807) is 20.2 Å². The lowest BCUT2D eigenvalue weighted by atomic mass is 10.1. The van der Waals surface area contributed by atoms with Gasteiger partial charge in [0, 0.05) is 12.7 Å². The van der Waals surface area contributed by atoms with Gasteiger partial charge in [-0.3, -0.25) is 4.79 Å². The number of rotatable bonds is 5. The molecule has 2 aromatic carbocycles. The lowest BCUT2D eigenvalue weighted by Crippen LogP contribution is -2.27. The van der Waals surface area contributed by atoms with Crippen LogP contribution in [0.3, 0.4) is 0 Å². The van der Waals surface area contributed by atoms with Crippen LogP contribution in [-0.4, -0.2) is 20.1 Å². The molecule has 0 aliphatic heterocycles. The molecule has 0 unspecified atom stereocenters. The van der Waals surface area contributed by atoms with Crippen LogP contribution < -0.4 is 15.4 Å². The molecule has 0 fully saturated rings. The third-order valence-electron chi connectivity index (χ3n) is 3.38. The van der Waals surface area contributed by atoms with Crippen LogP contribution in [0.4, 0.5) is 5.69 Å². The molecule has 0 bridgehead atoms. The smallest absolute Gasteiger partial charge is 0.253 e. The van der Waals surface area contributed by atoms with E-state index < -0.39 is 0 Å². The van der Waals surface area contributed by atoms with Gasteiger partial charge in [-0.25, -0.2) is 0 Å². The lowest BCUT2D eigenvalue weighted by molar-refractivity contribution is 0.0940. The molecule has 1 atom stereocenters. The van der Waals surface area contributed by atoms with E-state index in [2.05, 4.69) is 10.6 Å². The van der Waals surface area contributed by atoms with Gasteiger partial charge in [0.1, 0.15) is 5.75 Å². The monoisotopic (exact) mass is 284 g/mol. The zero-order valence-electron chi connectivity index (χ0n) is 12.5. The topological polar surface area (TPSA) is 50.4 Å². The summed E-state index contributed by atoms with van der Waals surface area (Å²) in [6.45, 7) is 1.95. The highest BCUT2D eigenvalue weighted by atomic mass is 16.5. The van der Waals surface area contributed by atoms with Gasteiger partial charge in [-0.2, -0.15) is 0 Å². The van der Waals surface area contributed by atoms with Crippen LogP contribution in [0.1, 0.15) is 28.9 Å². The van der Waals surface area contributed by atoms with Crippen molar-refractivity contribution in [3.05, 3.63) is 59.7 Å². The van der Waals surface area contributed by atoms with Crippen molar-refractivity contribution in [1.29, 1.82) is 0 Å². The van der Waals surface area contributed by atoms with Crippen molar-refractivity contribution >= 4 is 11.6 Å². The first-order valence-corrected chi connectivity index (χ1v) is 6.87. The van der Waals surface area contributed by atoms with E-state index in [1.807, 2.05) is 49.4 Å². The third-order valence-corrected chi connectivity index (χ3v) is 3.38. The molecular weight excluding hydrogens is 264 g/mol. The Morgan fingerprint density at radius 1 is 1.14 bits per heavy atom. The molecule has 0 radical (unpaired) electrons. The Labute approximate surface area is 125 Å². The molecule has 21 heavy (non-hydrogen) atoms. The Hall–Kier alpha value is -2.49. The maximum Gasteiger partial charge on any atom is 0.253 e. The summed E-state index contributed by atoms with van der Waals surface area (Å²) in [5, 5.41) is 6.03. The van der Waals surface area contributed by atoms with Crippen LogP contribution in [-0.2, 0) is 0 Å². The summed E-state index contributed by atoms with van der Waals surface area (Å²) in [6, 6.07) is 15.0. The summed E-state index contributed by atoms with van der Waals surface area (Å²) in [7, 11) is 3.43. The fourth-order valence-electron chi connectivity index (χ4n) is 2.17. The third kappa shape index (κ3) is 3.54. The summed E-state index contributed by atoms with van der Waals surface area (Å²) >= 11 is 0. The van der Waals surface area contributed by atoms with Gasteiger partial charge in [0.15, 0.2) is 0 Å². The minimum atomic E-state index is -0.102. The number of ether oxygens (including phenoxy) is 1. The molecule has 1 amide bonds. The zero-order valence-corrected chi connectivity index (χ0v) is 12.5. The predicted molar refractivity (Wildman–Crippen MR) is 84.9 cm³/mol. The lowest BCUT2D eigenvalue weighted by Gasteiger charge is -2.16. The number of benzene rings is 2. The SMILES string of the molecule is CNc1ccccc1C(=O)N[C@@H](C)c1cccc(OC)c1. The highest BCUT2D eigenvalue weighted by Crippen LogP contribution is 2.20. The van der Waals surface area contributed by atoms with Gasteiger partial charge >= 0.3 is 0 Å². The highest BCUT2D eigenvalue weighted by Gasteiger charge is 2.14. The van der Waals surface area contributed by atoms with E-state index in [-0.39, 0.29) is 11.9 Å². The van der Waals surface area contributed by atoms with Crippen molar-refractivity contribution in [2.45, 2.75) is 13.0 Å². The fraction of sp³-hybridized carbons (Fsp3) is 0.235. The van der Waals surface area contributed by atoms with Crippen LogP contribution in [0.25, 0.3) is 0 Å². The van der Waals surface area contributed by atoms with Crippen LogP contribution in [0.15, 0.2) is 48.5 Å². The van der Waals surface area contributed by atoms with Crippen LogP contribution in [0.5, 0.6) is 5.75 Å². The van der Waals surface area contributed by atoms with Crippen molar-refractivity contribution in [3.8, 4) is 5.75 Å². The molecule has 2 N–H and O–H groups in total. The Morgan fingerprint density at radius 2 is 1.90 bits per heavy atom. The van der Waals surface area contributed by atoms with Gasteiger partial charge in [-0.15, -0.1) is 0 Å². The first kappa shape index (κ1) is 14.9. The largest absolute Gasteiger partial charge is 0.497 e. The first-order chi connectivity index (χ1) is 10.2. The van der Waals surface area contributed by atoms with E-state index in [4.69, 9.17) is 4.74 Å². The second kappa shape index (κ2) is 6.79. The van der Waals surface area contributed by atoms with Gasteiger partial charge in [-0.1, -0.05) is 24.3 Å². The summed E-state index contributed by atoms with van der Waals surface area (Å²) < 4.78 is 5.21. The number of hydrogen-bond acceptors (Lipinski definition) is 3. The predicted octanol–water partition coefficient (Wildman–Crippen LogP) is 3.23. The fourth-order valence-corrected chi connectivity index (χ4v) is 2.17. The zero-order chi connectivity index (χ0) is 15.2. The van der Waals surface area contributed by atoms with Crippen molar-refractivity contribution in [1.82, 2.24) is 5.32 Å². The second-order valence-corrected chi connectivity index (χ2v) is 4.77. The molecule has 2 rings (SSSR count). The number of methoxy groups -OCH3 is 1. The van der Waals surface area contributed by atoms with Crippen molar-refractivity contribution in [2.75, 3.05) is 19.5 Å². The van der Waals surface area contributed by atoms with Crippen LogP contribution in [0, 0.1) is 0 Å². The number of hydrogen-bond donors (Lipinski definition) is 2. The molecule has 0 heterocycles. The molecule has 0 aliphatic carbocycles. The maximum absolute atomic E-state index is 12.4. The van der Waals surface area contributed by atoms with Crippen molar-refractivity contribution in [3.63, 3.8) is 0 Å². The van der Waals surface area contributed by atoms with E-state index in [9.17, 15) is 4.79 Å². The van der Waals surface area contributed by atoms with Gasteiger partial charge in [0.25, 0.3) is 5.91 Å². The summed E-state index contributed by atoms with van der Waals surface area (Å²) in [5.41, 5.74) is 2.45. The van der Waals surface area contributed by atoms with E-state index >= 15 is 0 Å². The molecule has 0 saturated carbocycles. The van der Waals surface area contributed by atoms with Crippen LogP contribution >= 0.6 is 0 Å². The molecule has 4 nitrogen and oxygen atoms in total. The Balaban J connectivity index is 2.15.